The predicted molar refractivity (Wildman–Crippen MR) is 330 cm³/mol. The molecular weight excluding hydrogens is 937 g/mol. The second-order valence-electron chi connectivity index (χ2n) is 22.4. The fourth-order valence-electron chi connectivity index (χ4n) is 9.72. The minimum atomic E-state index is -0.774. The van der Waals surface area contributed by atoms with E-state index in [0.717, 1.165) is 77.0 Å². The lowest BCUT2D eigenvalue weighted by atomic mass is 10.0. The van der Waals surface area contributed by atoms with Gasteiger partial charge in [0.15, 0.2) is 6.10 Å². The zero-order valence-corrected chi connectivity index (χ0v) is 50.8. The van der Waals surface area contributed by atoms with Gasteiger partial charge in [-0.15, -0.1) is 0 Å². The number of hydrogen-bond acceptors (Lipinski definition) is 6. The van der Waals surface area contributed by atoms with Gasteiger partial charge in [-0.25, -0.2) is 0 Å². The molecule has 0 spiro atoms. The van der Waals surface area contributed by atoms with Crippen LogP contribution in [-0.2, 0) is 28.6 Å². The van der Waals surface area contributed by atoms with Crippen molar-refractivity contribution in [3.8, 4) is 0 Å². The van der Waals surface area contributed by atoms with Gasteiger partial charge in [0.2, 0.25) is 0 Å². The maximum Gasteiger partial charge on any atom is 0.306 e. The third kappa shape index (κ3) is 62.0. The molecule has 0 bridgehead atoms. The first kappa shape index (κ1) is 73.1. The van der Waals surface area contributed by atoms with Gasteiger partial charge in [-0.2, -0.15) is 0 Å². The minimum absolute atomic E-state index is 0.0722. The molecule has 0 aliphatic heterocycles. The van der Waals surface area contributed by atoms with Crippen molar-refractivity contribution in [3.05, 3.63) is 60.8 Å². The van der Waals surface area contributed by atoms with Crippen molar-refractivity contribution in [1.29, 1.82) is 0 Å². The van der Waals surface area contributed by atoms with Crippen molar-refractivity contribution < 1.29 is 28.6 Å². The molecule has 0 rings (SSSR count). The van der Waals surface area contributed by atoms with Crippen LogP contribution in [0.4, 0.5) is 0 Å². The summed E-state index contributed by atoms with van der Waals surface area (Å²) in [4.78, 5) is 38.2. The molecule has 0 radical (unpaired) electrons. The summed E-state index contributed by atoms with van der Waals surface area (Å²) in [5.41, 5.74) is 0. The van der Waals surface area contributed by atoms with Crippen LogP contribution in [0.2, 0.25) is 0 Å². The zero-order chi connectivity index (χ0) is 55.0. The van der Waals surface area contributed by atoms with E-state index in [0.29, 0.717) is 19.3 Å². The Morgan fingerprint density at radius 3 is 0.763 bits per heavy atom. The Morgan fingerprint density at radius 2 is 0.474 bits per heavy atom. The van der Waals surface area contributed by atoms with Gasteiger partial charge in [-0.1, -0.05) is 300 Å². The third-order valence-corrected chi connectivity index (χ3v) is 14.7. The van der Waals surface area contributed by atoms with Gasteiger partial charge < -0.3 is 14.2 Å². The SMILES string of the molecule is CCCCC/C=C\C/C=C\CCCCCCCCCCCC(=O)OC(COC(=O)CCCCCCCCCCCC)COC(=O)CCCCCCCCCCCCCCCC/C=C\C/C=C\C/C=C\CCCCCCC. The Hall–Kier alpha value is -2.89. The van der Waals surface area contributed by atoms with E-state index in [9.17, 15) is 14.4 Å². The van der Waals surface area contributed by atoms with E-state index < -0.39 is 6.10 Å². The summed E-state index contributed by atoms with van der Waals surface area (Å²) >= 11 is 0. The third-order valence-electron chi connectivity index (χ3n) is 14.7. The highest BCUT2D eigenvalue weighted by molar-refractivity contribution is 5.71. The summed E-state index contributed by atoms with van der Waals surface area (Å²) in [6, 6.07) is 0. The minimum Gasteiger partial charge on any atom is -0.462 e. The fraction of sp³-hybridized carbons (Fsp3) is 0.814. The number of ether oxygens (including phenoxy) is 3. The highest BCUT2D eigenvalue weighted by Gasteiger charge is 2.19. The smallest absolute Gasteiger partial charge is 0.306 e. The van der Waals surface area contributed by atoms with E-state index >= 15 is 0 Å². The molecule has 0 saturated heterocycles. The van der Waals surface area contributed by atoms with Crippen LogP contribution in [-0.4, -0.2) is 37.2 Å². The van der Waals surface area contributed by atoms with Crippen molar-refractivity contribution in [1.82, 2.24) is 0 Å². The Morgan fingerprint density at radius 1 is 0.263 bits per heavy atom. The second kappa shape index (κ2) is 64.6. The van der Waals surface area contributed by atoms with Crippen molar-refractivity contribution in [3.63, 3.8) is 0 Å². The van der Waals surface area contributed by atoms with Crippen LogP contribution in [0.25, 0.3) is 0 Å². The van der Waals surface area contributed by atoms with E-state index in [2.05, 4.69) is 81.5 Å². The van der Waals surface area contributed by atoms with Crippen LogP contribution in [0.5, 0.6) is 0 Å². The Labute approximate surface area is 472 Å². The lowest BCUT2D eigenvalue weighted by molar-refractivity contribution is -0.167. The van der Waals surface area contributed by atoms with Crippen LogP contribution in [0, 0.1) is 0 Å². The molecule has 1 unspecified atom stereocenters. The number of hydrogen-bond donors (Lipinski definition) is 0. The molecule has 442 valence electrons. The fourth-order valence-corrected chi connectivity index (χ4v) is 9.72. The molecule has 76 heavy (non-hydrogen) atoms. The molecule has 0 fully saturated rings. The molecular formula is C70H126O6. The monoisotopic (exact) mass is 1060 g/mol. The van der Waals surface area contributed by atoms with Gasteiger partial charge in [-0.05, 0) is 89.9 Å². The molecule has 0 amide bonds. The number of esters is 3. The molecule has 6 nitrogen and oxygen atoms in total. The molecule has 0 heterocycles. The summed E-state index contributed by atoms with van der Waals surface area (Å²) in [5, 5.41) is 0. The number of carbonyl (C=O) groups is 3. The van der Waals surface area contributed by atoms with E-state index in [1.54, 1.807) is 0 Å². The van der Waals surface area contributed by atoms with Gasteiger partial charge in [-0.3, -0.25) is 14.4 Å². The molecule has 0 aromatic carbocycles. The largest absolute Gasteiger partial charge is 0.462 e. The molecule has 0 aliphatic carbocycles. The maximum absolute atomic E-state index is 12.9. The number of rotatable bonds is 61. The molecule has 0 aromatic rings. The van der Waals surface area contributed by atoms with Crippen molar-refractivity contribution in [2.75, 3.05) is 13.2 Å². The quantitative estimate of drug-likeness (QED) is 0.0261. The van der Waals surface area contributed by atoms with Crippen molar-refractivity contribution >= 4 is 17.9 Å². The summed E-state index contributed by atoms with van der Waals surface area (Å²) in [6.07, 6.45) is 82.4. The van der Waals surface area contributed by atoms with Crippen molar-refractivity contribution in [2.45, 2.75) is 354 Å². The van der Waals surface area contributed by atoms with Crippen molar-refractivity contribution in [2.24, 2.45) is 0 Å². The van der Waals surface area contributed by atoms with Crippen LogP contribution < -0.4 is 0 Å². The first-order chi connectivity index (χ1) is 37.5. The van der Waals surface area contributed by atoms with Crippen LogP contribution in [0.15, 0.2) is 60.8 Å². The lowest BCUT2D eigenvalue weighted by Gasteiger charge is -2.18. The van der Waals surface area contributed by atoms with Crippen LogP contribution >= 0.6 is 0 Å². The van der Waals surface area contributed by atoms with Gasteiger partial charge in [0.05, 0.1) is 0 Å². The predicted octanol–water partition coefficient (Wildman–Crippen LogP) is 22.7. The Bertz CT molecular complexity index is 1360. The molecule has 0 aliphatic rings. The number of carbonyl (C=O) groups excluding carboxylic acids is 3. The molecule has 0 aromatic heterocycles. The van der Waals surface area contributed by atoms with E-state index in [1.807, 2.05) is 0 Å². The van der Waals surface area contributed by atoms with Crippen LogP contribution in [0.3, 0.4) is 0 Å². The molecule has 6 heteroatoms. The van der Waals surface area contributed by atoms with Gasteiger partial charge in [0.1, 0.15) is 13.2 Å². The van der Waals surface area contributed by atoms with E-state index in [1.165, 1.54) is 231 Å². The summed E-state index contributed by atoms with van der Waals surface area (Å²) in [7, 11) is 0. The molecule has 1 atom stereocenters. The first-order valence-corrected chi connectivity index (χ1v) is 33.3. The standard InChI is InChI=1S/C70H126O6/c1-4-7-10-13-16-19-22-24-26-28-30-31-32-33-34-35-36-37-38-39-41-42-44-46-48-51-54-57-60-63-69(72)75-66-67(65-74-68(71)62-59-56-53-50-21-18-15-12-9-6-3)76-70(73)64-61-58-55-52-49-47-45-43-40-29-27-25-23-20-17-14-11-8-5-2/h17,20,22,24-25,27-28,30,32-33,67H,4-16,18-19,21,23,26,29,31,34-66H2,1-3H3/b20-17-,24-22-,27-25-,30-28-,33-32-. The van der Waals surface area contributed by atoms with Gasteiger partial charge >= 0.3 is 17.9 Å². The first-order valence-electron chi connectivity index (χ1n) is 33.3. The van der Waals surface area contributed by atoms with Gasteiger partial charge in [0.25, 0.3) is 0 Å². The Balaban J connectivity index is 4.17. The second-order valence-corrected chi connectivity index (χ2v) is 22.4. The molecule has 0 saturated carbocycles. The van der Waals surface area contributed by atoms with E-state index in [-0.39, 0.29) is 31.1 Å². The Kier molecular flexibility index (Phi) is 62.2. The average molecular weight is 1060 g/mol. The highest BCUT2D eigenvalue weighted by atomic mass is 16.6. The lowest BCUT2D eigenvalue weighted by Crippen LogP contribution is -2.30. The topological polar surface area (TPSA) is 78.9 Å². The summed E-state index contributed by atoms with van der Waals surface area (Å²) in [5.74, 6) is -0.861. The average Bonchev–Trinajstić information content (AvgIpc) is 3.42. The maximum atomic E-state index is 12.9. The summed E-state index contributed by atoms with van der Waals surface area (Å²) < 4.78 is 16.9. The normalized spacial score (nSPS) is 12.4. The zero-order valence-electron chi connectivity index (χ0n) is 50.8. The highest BCUT2D eigenvalue weighted by Crippen LogP contribution is 2.17. The number of unbranched alkanes of at least 4 members (excludes halogenated alkanes) is 40. The van der Waals surface area contributed by atoms with E-state index in [4.69, 9.17) is 14.2 Å². The molecule has 0 N–H and O–H groups in total. The summed E-state index contributed by atoms with van der Waals surface area (Å²) in [6.45, 7) is 6.63. The number of allylic oxidation sites excluding steroid dienone is 10. The van der Waals surface area contributed by atoms with Gasteiger partial charge in [0, 0.05) is 19.3 Å². The van der Waals surface area contributed by atoms with Crippen LogP contribution in [0.1, 0.15) is 348 Å².